The molecule has 1 N–H and O–H groups in total. The average molecular weight is 347 g/mol. The fourth-order valence-electron chi connectivity index (χ4n) is 2.87. The standard InChI is InChI=1S/C15H23ClN2O3S/c1-11(21-3)10-22(19,20)17-14-8-9-18(2)15(14)12-4-6-13(16)7-5-12/h4-7,11,14-15,17H,8-10H2,1-3H3/t11-,14-,15-/m1/s1. The van der Waals surface area contributed by atoms with Crippen molar-refractivity contribution in [1.29, 1.82) is 0 Å². The summed E-state index contributed by atoms with van der Waals surface area (Å²) >= 11 is 5.93. The fourth-order valence-corrected chi connectivity index (χ4v) is 4.56. The summed E-state index contributed by atoms with van der Waals surface area (Å²) in [5, 5.41) is 0.676. The van der Waals surface area contributed by atoms with Gasteiger partial charge < -0.3 is 4.74 Å². The van der Waals surface area contributed by atoms with Gasteiger partial charge in [0, 0.05) is 24.7 Å². The molecule has 0 spiro atoms. The Morgan fingerprint density at radius 3 is 2.64 bits per heavy atom. The predicted molar refractivity (Wildman–Crippen MR) is 88.6 cm³/mol. The normalized spacial score (nSPS) is 24.5. The number of sulfonamides is 1. The maximum atomic E-state index is 12.3. The third-order valence-electron chi connectivity index (χ3n) is 4.05. The first-order valence-corrected chi connectivity index (χ1v) is 9.34. The van der Waals surface area contributed by atoms with Gasteiger partial charge in [-0.25, -0.2) is 13.1 Å². The maximum absolute atomic E-state index is 12.3. The number of likely N-dealkylation sites (tertiary alicyclic amines) is 1. The lowest BCUT2D eigenvalue weighted by Gasteiger charge is -2.26. The molecule has 0 bridgehead atoms. The molecule has 1 aromatic rings. The van der Waals surface area contributed by atoms with E-state index in [4.69, 9.17) is 16.3 Å². The van der Waals surface area contributed by atoms with E-state index in [2.05, 4.69) is 9.62 Å². The van der Waals surface area contributed by atoms with Gasteiger partial charge in [-0.3, -0.25) is 4.90 Å². The van der Waals surface area contributed by atoms with E-state index in [0.29, 0.717) is 5.02 Å². The molecule has 1 fully saturated rings. The number of rotatable bonds is 6. The molecule has 5 nitrogen and oxygen atoms in total. The summed E-state index contributed by atoms with van der Waals surface area (Å²) in [4.78, 5) is 2.16. The fraction of sp³-hybridized carbons (Fsp3) is 0.600. The Balaban J connectivity index is 2.14. The van der Waals surface area contributed by atoms with E-state index >= 15 is 0 Å². The second-order valence-electron chi connectivity index (χ2n) is 5.82. The van der Waals surface area contributed by atoms with Crippen LogP contribution < -0.4 is 4.72 Å². The van der Waals surface area contributed by atoms with E-state index in [1.165, 1.54) is 7.11 Å². The van der Waals surface area contributed by atoms with E-state index < -0.39 is 10.0 Å². The Labute approximate surface area is 137 Å². The molecule has 1 aliphatic rings. The minimum Gasteiger partial charge on any atom is -0.381 e. The molecule has 0 unspecified atom stereocenters. The molecule has 1 aromatic carbocycles. The van der Waals surface area contributed by atoms with Gasteiger partial charge in [-0.05, 0) is 38.1 Å². The lowest BCUT2D eigenvalue weighted by Crippen LogP contribution is -2.41. The van der Waals surface area contributed by atoms with Gasteiger partial charge in [0.15, 0.2) is 0 Å². The highest BCUT2D eigenvalue weighted by atomic mass is 35.5. The Morgan fingerprint density at radius 2 is 2.05 bits per heavy atom. The summed E-state index contributed by atoms with van der Waals surface area (Å²) in [6.45, 7) is 2.59. The van der Waals surface area contributed by atoms with Gasteiger partial charge in [-0.15, -0.1) is 0 Å². The van der Waals surface area contributed by atoms with Crippen molar-refractivity contribution in [1.82, 2.24) is 9.62 Å². The molecule has 1 aliphatic heterocycles. The number of benzene rings is 1. The number of halogens is 1. The van der Waals surface area contributed by atoms with E-state index in [9.17, 15) is 8.42 Å². The molecule has 1 saturated heterocycles. The van der Waals surface area contributed by atoms with Crippen molar-refractivity contribution in [2.75, 3.05) is 26.5 Å². The van der Waals surface area contributed by atoms with Crippen LogP contribution in [0.2, 0.25) is 5.02 Å². The summed E-state index contributed by atoms with van der Waals surface area (Å²) in [7, 11) is 0.143. The topological polar surface area (TPSA) is 58.6 Å². The maximum Gasteiger partial charge on any atom is 0.214 e. The van der Waals surface area contributed by atoms with Gasteiger partial charge in [-0.1, -0.05) is 23.7 Å². The Hall–Kier alpha value is -0.660. The van der Waals surface area contributed by atoms with Gasteiger partial charge in [0.05, 0.1) is 17.9 Å². The zero-order chi connectivity index (χ0) is 16.3. The molecule has 0 saturated carbocycles. The third-order valence-corrected chi connectivity index (χ3v) is 5.87. The van der Waals surface area contributed by atoms with Crippen LogP contribution in [0.25, 0.3) is 0 Å². The summed E-state index contributed by atoms with van der Waals surface area (Å²) < 4.78 is 32.4. The van der Waals surface area contributed by atoms with Crippen molar-refractivity contribution < 1.29 is 13.2 Å². The summed E-state index contributed by atoms with van der Waals surface area (Å²) in [5.41, 5.74) is 1.07. The number of ether oxygens (including phenoxy) is 1. The molecule has 0 radical (unpaired) electrons. The van der Waals surface area contributed by atoms with Gasteiger partial charge in [0.25, 0.3) is 0 Å². The van der Waals surface area contributed by atoms with Crippen molar-refractivity contribution >= 4 is 21.6 Å². The van der Waals surface area contributed by atoms with Crippen LogP contribution in [0.3, 0.4) is 0 Å². The summed E-state index contributed by atoms with van der Waals surface area (Å²) in [6, 6.07) is 7.45. The number of methoxy groups -OCH3 is 1. The molecule has 0 aromatic heterocycles. The van der Waals surface area contributed by atoms with Crippen LogP contribution in [0.1, 0.15) is 24.9 Å². The highest BCUT2D eigenvalue weighted by Gasteiger charge is 2.35. The van der Waals surface area contributed by atoms with Crippen LogP contribution in [-0.2, 0) is 14.8 Å². The minimum absolute atomic E-state index is 0.0184. The number of likely N-dealkylation sites (N-methyl/N-ethyl adjacent to an activating group) is 1. The predicted octanol–water partition coefficient (Wildman–Crippen LogP) is 2.04. The SMILES string of the molecule is CO[C@H](C)CS(=O)(=O)N[C@@H]1CCN(C)[C@@H]1c1ccc(Cl)cc1. The quantitative estimate of drug-likeness (QED) is 0.856. The second-order valence-corrected chi connectivity index (χ2v) is 8.05. The zero-order valence-electron chi connectivity index (χ0n) is 13.1. The highest BCUT2D eigenvalue weighted by Crippen LogP contribution is 2.32. The molecule has 0 amide bonds. The summed E-state index contributed by atoms with van der Waals surface area (Å²) in [5.74, 6) is -0.0307. The molecule has 0 aliphatic carbocycles. The van der Waals surface area contributed by atoms with E-state index in [1.54, 1.807) is 6.92 Å². The van der Waals surface area contributed by atoms with Gasteiger partial charge in [0.2, 0.25) is 10.0 Å². The Morgan fingerprint density at radius 1 is 1.41 bits per heavy atom. The molecular weight excluding hydrogens is 324 g/mol. The van der Waals surface area contributed by atoms with Crippen LogP contribution in [0.5, 0.6) is 0 Å². The number of hydrogen-bond donors (Lipinski definition) is 1. The Bertz CT molecular complexity index is 591. The number of hydrogen-bond acceptors (Lipinski definition) is 4. The van der Waals surface area contributed by atoms with Crippen molar-refractivity contribution in [3.63, 3.8) is 0 Å². The third kappa shape index (κ3) is 4.43. The molecule has 124 valence electrons. The van der Waals surface area contributed by atoms with E-state index in [0.717, 1.165) is 18.5 Å². The molecule has 1 heterocycles. The number of nitrogens with one attached hydrogen (secondary N) is 1. The average Bonchev–Trinajstić information content (AvgIpc) is 2.79. The summed E-state index contributed by atoms with van der Waals surface area (Å²) in [6.07, 6.45) is 0.454. The molecule has 2 rings (SSSR count). The first-order chi connectivity index (χ1) is 10.3. The molecular formula is C15H23ClN2O3S. The number of nitrogens with zero attached hydrogens (tertiary/aromatic N) is 1. The Kier molecular flexibility index (Phi) is 5.85. The monoisotopic (exact) mass is 346 g/mol. The molecule has 22 heavy (non-hydrogen) atoms. The van der Waals surface area contributed by atoms with Gasteiger partial charge in [0.1, 0.15) is 0 Å². The minimum atomic E-state index is -3.38. The van der Waals surface area contributed by atoms with Crippen LogP contribution in [0.15, 0.2) is 24.3 Å². The van der Waals surface area contributed by atoms with Crippen LogP contribution >= 0.6 is 11.6 Å². The van der Waals surface area contributed by atoms with Crippen molar-refractivity contribution in [3.05, 3.63) is 34.9 Å². The van der Waals surface area contributed by atoms with Gasteiger partial charge in [-0.2, -0.15) is 0 Å². The van der Waals surface area contributed by atoms with Crippen LogP contribution in [0.4, 0.5) is 0 Å². The van der Waals surface area contributed by atoms with Crippen molar-refractivity contribution in [3.8, 4) is 0 Å². The van der Waals surface area contributed by atoms with Crippen molar-refractivity contribution in [2.45, 2.75) is 31.5 Å². The molecule has 3 atom stereocenters. The first kappa shape index (κ1) is 17.7. The molecule has 7 heteroatoms. The van der Waals surface area contributed by atoms with E-state index in [1.807, 2.05) is 31.3 Å². The van der Waals surface area contributed by atoms with Crippen molar-refractivity contribution in [2.24, 2.45) is 0 Å². The van der Waals surface area contributed by atoms with Crippen LogP contribution in [-0.4, -0.2) is 51.9 Å². The lowest BCUT2D eigenvalue weighted by molar-refractivity contribution is 0.136. The first-order valence-electron chi connectivity index (χ1n) is 7.31. The second kappa shape index (κ2) is 7.27. The smallest absolute Gasteiger partial charge is 0.214 e. The zero-order valence-corrected chi connectivity index (χ0v) is 14.7. The largest absolute Gasteiger partial charge is 0.381 e. The highest BCUT2D eigenvalue weighted by molar-refractivity contribution is 7.89. The van der Waals surface area contributed by atoms with Gasteiger partial charge >= 0.3 is 0 Å². The van der Waals surface area contributed by atoms with E-state index in [-0.39, 0.29) is 23.9 Å². The lowest BCUT2D eigenvalue weighted by atomic mass is 10.0. The van der Waals surface area contributed by atoms with Crippen LogP contribution in [0, 0.1) is 0 Å².